The summed E-state index contributed by atoms with van der Waals surface area (Å²) >= 11 is 0. The number of aryl methyl sites for hydroxylation is 2. The van der Waals surface area contributed by atoms with Gasteiger partial charge in [-0.15, -0.1) is 0 Å². The van der Waals surface area contributed by atoms with Gasteiger partial charge in [0.1, 0.15) is 11.8 Å². The van der Waals surface area contributed by atoms with Crippen LogP contribution in [-0.4, -0.2) is 47.4 Å². The Hall–Kier alpha value is -1.59. The maximum absolute atomic E-state index is 11.6. The molecule has 5 heteroatoms. The number of phenolic OH excluding ortho intramolecular Hbond substituents is 1. The SMILES string of the molecule is Cc1cc(C(C(=O)O)N2CCOCC2)cc(C)c1O. The van der Waals surface area contributed by atoms with Crippen LogP contribution in [0, 0.1) is 13.8 Å². The molecule has 0 saturated carbocycles. The molecular formula is C14H19NO4. The topological polar surface area (TPSA) is 70.0 Å². The van der Waals surface area contributed by atoms with Crippen molar-refractivity contribution >= 4 is 5.97 Å². The zero-order valence-electron chi connectivity index (χ0n) is 11.2. The molecule has 1 fully saturated rings. The highest BCUT2D eigenvalue weighted by Gasteiger charge is 2.29. The predicted octanol–water partition coefficient (Wildman–Crippen LogP) is 1.47. The van der Waals surface area contributed by atoms with Gasteiger partial charge in [-0.25, -0.2) is 0 Å². The van der Waals surface area contributed by atoms with Crippen LogP contribution in [0.4, 0.5) is 0 Å². The van der Waals surface area contributed by atoms with Crippen molar-refractivity contribution in [3.63, 3.8) is 0 Å². The summed E-state index contributed by atoms with van der Waals surface area (Å²) in [5.41, 5.74) is 2.12. The van der Waals surface area contributed by atoms with E-state index in [4.69, 9.17) is 4.74 Å². The Balaban J connectivity index is 2.36. The number of carbonyl (C=O) groups is 1. The van der Waals surface area contributed by atoms with E-state index >= 15 is 0 Å². The van der Waals surface area contributed by atoms with Gasteiger partial charge in [0, 0.05) is 13.1 Å². The first-order chi connectivity index (χ1) is 9.00. The third-order valence-electron chi connectivity index (χ3n) is 3.47. The molecule has 1 aromatic rings. The number of aromatic hydroxyl groups is 1. The molecule has 1 aromatic carbocycles. The maximum Gasteiger partial charge on any atom is 0.325 e. The number of rotatable bonds is 3. The summed E-state index contributed by atoms with van der Waals surface area (Å²) in [6, 6.07) is 2.81. The lowest BCUT2D eigenvalue weighted by Crippen LogP contribution is -2.42. The zero-order valence-corrected chi connectivity index (χ0v) is 11.2. The highest BCUT2D eigenvalue weighted by molar-refractivity contribution is 5.76. The molecule has 0 radical (unpaired) electrons. The van der Waals surface area contributed by atoms with E-state index in [0.717, 1.165) is 0 Å². The normalized spacial score (nSPS) is 18.2. The Morgan fingerprint density at radius 1 is 1.26 bits per heavy atom. The second kappa shape index (κ2) is 5.59. The van der Waals surface area contributed by atoms with Crippen molar-refractivity contribution in [2.45, 2.75) is 19.9 Å². The van der Waals surface area contributed by atoms with Crippen LogP contribution in [0.3, 0.4) is 0 Å². The fraction of sp³-hybridized carbons (Fsp3) is 0.500. The minimum atomic E-state index is -0.869. The van der Waals surface area contributed by atoms with Crippen LogP contribution < -0.4 is 0 Å². The molecule has 1 unspecified atom stereocenters. The first kappa shape index (κ1) is 13.8. The van der Waals surface area contributed by atoms with Gasteiger partial charge < -0.3 is 14.9 Å². The molecule has 1 saturated heterocycles. The van der Waals surface area contributed by atoms with Crippen molar-refractivity contribution in [2.24, 2.45) is 0 Å². The van der Waals surface area contributed by atoms with Gasteiger partial charge in [0.15, 0.2) is 0 Å². The minimum Gasteiger partial charge on any atom is -0.507 e. The van der Waals surface area contributed by atoms with E-state index < -0.39 is 12.0 Å². The minimum absolute atomic E-state index is 0.231. The summed E-state index contributed by atoms with van der Waals surface area (Å²) in [4.78, 5) is 13.5. The highest BCUT2D eigenvalue weighted by Crippen LogP contribution is 2.29. The van der Waals surface area contributed by atoms with Gasteiger partial charge in [0.05, 0.1) is 13.2 Å². The largest absolute Gasteiger partial charge is 0.507 e. The molecule has 104 valence electrons. The first-order valence-electron chi connectivity index (χ1n) is 6.35. The standard InChI is InChI=1S/C14H19NO4/c1-9-7-11(8-10(2)13(9)16)12(14(17)18)15-3-5-19-6-4-15/h7-8,12,16H,3-6H2,1-2H3,(H,17,18). The summed E-state index contributed by atoms with van der Waals surface area (Å²) in [5, 5.41) is 19.3. The second-order valence-electron chi connectivity index (χ2n) is 4.89. The first-order valence-corrected chi connectivity index (χ1v) is 6.35. The lowest BCUT2D eigenvalue weighted by molar-refractivity contribution is -0.145. The maximum atomic E-state index is 11.6. The molecule has 1 atom stereocenters. The van der Waals surface area contributed by atoms with Crippen molar-refractivity contribution in [1.82, 2.24) is 4.90 Å². The summed E-state index contributed by atoms with van der Waals surface area (Å²) in [6.45, 7) is 5.89. The van der Waals surface area contributed by atoms with Gasteiger partial charge >= 0.3 is 5.97 Å². The third kappa shape index (κ3) is 2.88. The molecule has 0 aliphatic carbocycles. The Labute approximate surface area is 112 Å². The van der Waals surface area contributed by atoms with E-state index in [9.17, 15) is 15.0 Å². The van der Waals surface area contributed by atoms with Crippen LogP contribution in [-0.2, 0) is 9.53 Å². The molecule has 2 rings (SSSR count). The summed E-state index contributed by atoms with van der Waals surface area (Å²) in [7, 11) is 0. The number of phenols is 1. The van der Waals surface area contributed by atoms with Gasteiger partial charge in [0.2, 0.25) is 0 Å². The molecule has 1 aliphatic heterocycles. The Morgan fingerprint density at radius 3 is 2.26 bits per heavy atom. The van der Waals surface area contributed by atoms with Crippen molar-refractivity contribution in [3.8, 4) is 5.75 Å². The van der Waals surface area contributed by atoms with Crippen molar-refractivity contribution in [3.05, 3.63) is 28.8 Å². The van der Waals surface area contributed by atoms with Gasteiger partial charge in [-0.3, -0.25) is 9.69 Å². The van der Waals surface area contributed by atoms with E-state index in [1.54, 1.807) is 26.0 Å². The molecular weight excluding hydrogens is 246 g/mol. The van der Waals surface area contributed by atoms with Gasteiger partial charge in [-0.2, -0.15) is 0 Å². The summed E-state index contributed by atoms with van der Waals surface area (Å²) < 4.78 is 5.26. The van der Waals surface area contributed by atoms with Crippen LogP contribution in [0.15, 0.2) is 12.1 Å². The quantitative estimate of drug-likeness (QED) is 0.866. The van der Waals surface area contributed by atoms with Crippen molar-refractivity contribution < 1.29 is 19.7 Å². The van der Waals surface area contributed by atoms with E-state index in [-0.39, 0.29) is 5.75 Å². The molecule has 0 aromatic heterocycles. The predicted molar refractivity (Wildman–Crippen MR) is 70.3 cm³/mol. The van der Waals surface area contributed by atoms with Crippen LogP contribution >= 0.6 is 0 Å². The Bertz CT molecular complexity index is 457. The fourth-order valence-corrected chi connectivity index (χ4v) is 2.49. The molecule has 0 amide bonds. The Morgan fingerprint density at radius 2 is 1.79 bits per heavy atom. The van der Waals surface area contributed by atoms with Crippen LogP contribution in [0.1, 0.15) is 22.7 Å². The van der Waals surface area contributed by atoms with Gasteiger partial charge in [-0.1, -0.05) is 12.1 Å². The molecule has 5 nitrogen and oxygen atoms in total. The zero-order chi connectivity index (χ0) is 14.0. The van der Waals surface area contributed by atoms with Gasteiger partial charge in [-0.05, 0) is 30.5 Å². The number of ether oxygens (including phenoxy) is 1. The number of carboxylic acid groups (broad SMARTS) is 1. The number of benzene rings is 1. The van der Waals surface area contributed by atoms with E-state index in [1.807, 2.05) is 4.90 Å². The van der Waals surface area contributed by atoms with Crippen molar-refractivity contribution in [2.75, 3.05) is 26.3 Å². The number of morpholine rings is 1. The van der Waals surface area contributed by atoms with Crippen LogP contribution in [0.2, 0.25) is 0 Å². The number of nitrogens with zero attached hydrogens (tertiary/aromatic N) is 1. The van der Waals surface area contributed by atoms with E-state index in [1.165, 1.54) is 0 Å². The van der Waals surface area contributed by atoms with E-state index in [2.05, 4.69) is 0 Å². The lowest BCUT2D eigenvalue weighted by Gasteiger charge is -2.32. The average molecular weight is 265 g/mol. The van der Waals surface area contributed by atoms with Crippen LogP contribution in [0.25, 0.3) is 0 Å². The number of aliphatic carboxylic acids is 1. The average Bonchev–Trinajstić information content (AvgIpc) is 2.37. The molecule has 19 heavy (non-hydrogen) atoms. The fourth-order valence-electron chi connectivity index (χ4n) is 2.49. The van der Waals surface area contributed by atoms with Gasteiger partial charge in [0.25, 0.3) is 0 Å². The highest BCUT2D eigenvalue weighted by atomic mass is 16.5. The van der Waals surface area contributed by atoms with E-state index in [0.29, 0.717) is 43.0 Å². The monoisotopic (exact) mass is 265 g/mol. The lowest BCUT2D eigenvalue weighted by atomic mass is 9.99. The Kier molecular flexibility index (Phi) is 4.07. The number of hydrogen-bond acceptors (Lipinski definition) is 4. The smallest absolute Gasteiger partial charge is 0.325 e. The summed E-state index contributed by atoms with van der Waals surface area (Å²) in [5.74, 6) is -0.638. The molecule has 1 aliphatic rings. The molecule has 0 bridgehead atoms. The van der Waals surface area contributed by atoms with Crippen molar-refractivity contribution in [1.29, 1.82) is 0 Å². The number of carboxylic acids is 1. The molecule has 1 heterocycles. The third-order valence-corrected chi connectivity index (χ3v) is 3.47. The summed E-state index contributed by atoms with van der Waals surface area (Å²) in [6.07, 6.45) is 0. The number of hydrogen-bond donors (Lipinski definition) is 2. The van der Waals surface area contributed by atoms with Crippen LogP contribution in [0.5, 0.6) is 5.75 Å². The second-order valence-corrected chi connectivity index (χ2v) is 4.89. The molecule has 0 spiro atoms. The molecule has 2 N–H and O–H groups in total.